The van der Waals surface area contributed by atoms with E-state index < -0.39 is 88.0 Å². The number of hydrogen-bond acceptors (Lipinski definition) is 8. The van der Waals surface area contributed by atoms with E-state index >= 15 is 0 Å². The Kier molecular flexibility index (Phi) is 14.8. The van der Waals surface area contributed by atoms with E-state index in [1.54, 1.807) is 17.1 Å². The lowest BCUT2D eigenvalue weighted by Gasteiger charge is -2.08. The van der Waals surface area contributed by atoms with Crippen LogP contribution in [-0.4, -0.2) is 52.1 Å². The first-order valence-electron chi connectivity index (χ1n) is 16.1. The van der Waals surface area contributed by atoms with Crippen molar-refractivity contribution in [2.45, 2.75) is 38.8 Å². The molecule has 0 aliphatic carbocycles. The summed E-state index contributed by atoms with van der Waals surface area (Å²) in [6, 6.07) is 19.3. The van der Waals surface area contributed by atoms with Crippen molar-refractivity contribution in [1.82, 2.24) is 30.0 Å². The van der Waals surface area contributed by atoms with Crippen molar-refractivity contribution in [1.29, 1.82) is 0 Å². The predicted molar refractivity (Wildman–Crippen MR) is 175 cm³/mol. The summed E-state index contributed by atoms with van der Waals surface area (Å²) in [5.41, 5.74) is 3.22. The average molecular weight is 813 g/mol. The molecule has 6 aromatic rings. The van der Waals surface area contributed by atoms with Gasteiger partial charge in [-0.15, -0.1) is 10.2 Å². The second-order valence-corrected chi connectivity index (χ2v) is 11.5. The monoisotopic (exact) mass is 812 g/mol. The molecule has 0 amide bonds. The molecule has 0 bridgehead atoms. The van der Waals surface area contributed by atoms with Crippen molar-refractivity contribution in [2.75, 3.05) is 0 Å². The van der Waals surface area contributed by atoms with E-state index in [0.29, 0.717) is 30.9 Å². The van der Waals surface area contributed by atoms with E-state index in [1.807, 2.05) is 60.7 Å². The summed E-state index contributed by atoms with van der Waals surface area (Å²) in [5, 5.41) is 32.5. The largest absolute Gasteiger partial charge is 0.503 e. The number of ether oxygens (including phenoxy) is 1. The van der Waals surface area contributed by atoms with E-state index in [9.17, 15) is 53.5 Å². The normalized spacial score (nSPS) is 10.6. The number of carbonyl (C=O) groups excluding carboxylic acids is 1. The third-order valence-corrected chi connectivity index (χ3v) is 7.30. The number of halogens is 10. The van der Waals surface area contributed by atoms with Gasteiger partial charge in [-0.1, -0.05) is 71.1 Å². The van der Waals surface area contributed by atoms with Crippen LogP contribution >= 0.6 is 0 Å². The molecule has 0 radical (unpaired) electrons. The smallest absolute Gasteiger partial charge is 0.311 e. The number of rotatable bonds is 11. The first-order valence-corrected chi connectivity index (χ1v) is 16.1. The van der Waals surface area contributed by atoms with Crippen LogP contribution in [0.5, 0.6) is 11.5 Å². The second-order valence-electron chi connectivity index (χ2n) is 11.5. The summed E-state index contributed by atoms with van der Waals surface area (Å²) < 4.78 is 134. The number of nitrogens with zero attached hydrogens (tertiary/aromatic N) is 6. The summed E-state index contributed by atoms with van der Waals surface area (Å²) in [7, 11) is 0. The van der Waals surface area contributed by atoms with E-state index in [4.69, 9.17) is 10.2 Å². The van der Waals surface area contributed by atoms with Crippen molar-refractivity contribution in [2.24, 2.45) is 0 Å². The van der Waals surface area contributed by atoms with Gasteiger partial charge in [0.1, 0.15) is 0 Å². The van der Waals surface area contributed by atoms with Gasteiger partial charge in [-0.3, -0.25) is 9.59 Å². The number of aromatic nitrogens is 6. The molecule has 57 heavy (non-hydrogen) atoms. The van der Waals surface area contributed by atoms with Gasteiger partial charge >= 0.3 is 11.9 Å². The van der Waals surface area contributed by atoms with Gasteiger partial charge < -0.3 is 14.9 Å². The number of carboxylic acid groups (broad SMARTS) is 1. The van der Waals surface area contributed by atoms with Gasteiger partial charge in [-0.25, -0.2) is 35.7 Å². The molecule has 0 unspecified atom stereocenters. The lowest BCUT2D eigenvalue weighted by atomic mass is 10.2. The summed E-state index contributed by atoms with van der Waals surface area (Å²) in [6.07, 6.45) is 3.47. The minimum atomic E-state index is -2.33. The molecule has 4 aromatic carbocycles. The molecule has 0 spiro atoms. The maximum absolute atomic E-state index is 13.5. The molecule has 0 saturated carbocycles. The lowest BCUT2D eigenvalue weighted by Crippen LogP contribution is -2.14. The Balaban J connectivity index is 0.000000210. The second kappa shape index (κ2) is 19.7. The van der Waals surface area contributed by atoms with Crippen LogP contribution in [0.2, 0.25) is 0 Å². The maximum atomic E-state index is 13.5. The molecule has 0 fully saturated rings. The SMILES string of the molecule is O=C(CCc1cn(Cc2ccccc2)nn1)Oc1c(F)c(F)c(F)c(F)c1F.O=C(O)CCc1cn(Cc2ccccc2)nn1.Oc1c(F)c(F)c(F)c(F)c1F. The molecule has 2 heterocycles. The molecule has 0 aliphatic heterocycles. The third-order valence-electron chi connectivity index (χ3n) is 7.30. The van der Waals surface area contributed by atoms with Crippen LogP contribution in [0.1, 0.15) is 35.4 Å². The van der Waals surface area contributed by atoms with Crippen LogP contribution in [0.4, 0.5) is 43.9 Å². The topological polar surface area (TPSA) is 145 Å². The Labute approximate surface area is 314 Å². The van der Waals surface area contributed by atoms with E-state index in [1.165, 1.54) is 4.68 Å². The molecule has 21 heteroatoms. The quantitative estimate of drug-likeness (QED) is 0.0465. The number of aromatic hydroxyl groups is 1. The van der Waals surface area contributed by atoms with Gasteiger partial charge in [0.25, 0.3) is 0 Å². The summed E-state index contributed by atoms with van der Waals surface area (Å²) >= 11 is 0. The Morgan fingerprint density at radius 3 is 1.32 bits per heavy atom. The number of benzene rings is 4. The lowest BCUT2D eigenvalue weighted by molar-refractivity contribution is -0.137. The maximum Gasteiger partial charge on any atom is 0.311 e. The average Bonchev–Trinajstić information content (AvgIpc) is 3.87. The molecule has 0 saturated heterocycles. The highest BCUT2D eigenvalue weighted by Crippen LogP contribution is 2.30. The zero-order chi connectivity index (χ0) is 41.8. The summed E-state index contributed by atoms with van der Waals surface area (Å²) in [6.45, 7) is 1.10. The molecule has 300 valence electrons. The number of phenolic OH excluding ortho intramolecular Hbond substituents is 1. The summed E-state index contributed by atoms with van der Waals surface area (Å²) in [5.74, 6) is -27.7. The number of carbonyl (C=O) groups is 2. The highest BCUT2D eigenvalue weighted by atomic mass is 19.2. The standard InChI is InChI=1S/C18H12F5N3O2.C12H13N3O2.C6HF5O/c19-13-14(20)16(22)18(17(23)15(13)21)28-12(27)7-6-11-9-26(25-24-11)8-10-4-2-1-3-5-10;16-12(17)7-6-11-9-15(14-13-11)8-10-4-2-1-3-5-10;7-1-2(8)4(10)6(12)5(11)3(1)9/h1-5,9H,6-8H2;1-5,9H,6-8H2,(H,16,17);12H. The Hall–Kier alpha value is -6.80. The molecule has 0 aliphatic rings. The van der Waals surface area contributed by atoms with Crippen molar-refractivity contribution in [3.8, 4) is 11.5 Å². The molecule has 11 nitrogen and oxygen atoms in total. The Morgan fingerprint density at radius 2 is 0.912 bits per heavy atom. The highest BCUT2D eigenvalue weighted by molar-refractivity contribution is 5.72. The number of aryl methyl sites for hydroxylation is 2. The van der Waals surface area contributed by atoms with Crippen molar-refractivity contribution in [3.63, 3.8) is 0 Å². The number of hydrogen-bond donors (Lipinski definition) is 2. The molecule has 2 aromatic heterocycles. The summed E-state index contributed by atoms with van der Waals surface area (Å²) in [4.78, 5) is 22.2. The van der Waals surface area contributed by atoms with Gasteiger partial charge in [-0.2, -0.15) is 17.6 Å². The van der Waals surface area contributed by atoms with Crippen molar-refractivity contribution < 1.29 is 68.4 Å². The van der Waals surface area contributed by atoms with Crippen LogP contribution in [-0.2, 0) is 35.5 Å². The van der Waals surface area contributed by atoms with Gasteiger partial charge in [0.05, 0.1) is 37.3 Å². The Morgan fingerprint density at radius 1 is 0.544 bits per heavy atom. The number of carboxylic acids is 1. The van der Waals surface area contributed by atoms with Crippen LogP contribution in [0, 0.1) is 58.2 Å². The minimum absolute atomic E-state index is 0.00300. The first-order chi connectivity index (χ1) is 27.1. The molecule has 2 N–H and O–H groups in total. The molecular formula is C36H26F10N6O5. The Bertz CT molecular complexity index is 2190. The molecular weight excluding hydrogens is 786 g/mol. The zero-order valence-electron chi connectivity index (χ0n) is 28.8. The number of aliphatic carboxylic acids is 1. The van der Waals surface area contributed by atoms with Gasteiger partial charge in [0.2, 0.25) is 63.9 Å². The fourth-order valence-corrected chi connectivity index (χ4v) is 4.50. The van der Waals surface area contributed by atoms with Gasteiger partial charge in [0.15, 0.2) is 5.75 Å². The highest BCUT2D eigenvalue weighted by Gasteiger charge is 2.29. The minimum Gasteiger partial charge on any atom is -0.503 e. The van der Waals surface area contributed by atoms with Crippen LogP contribution in [0.3, 0.4) is 0 Å². The fraction of sp³-hybridized carbons (Fsp3) is 0.167. The van der Waals surface area contributed by atoms with E-state index in [0.717, 1.165) is 11.1 Å². The first kappa shape index (κ1) is 42.9. The van der Waals surface area contributed by atoms with E-state index in [-0.39, 0.29) is 12.8 Å². The van der Waals surface area contributed by atoms with Crippen molar-refractivity contribution in [3.05, 3.63) is 154 Å². The van der Waals surface area contributed by atoms with Crippen LogP contribution in [0.25, 0.3) is 0 Å². The fourth-order valence-electron chi connectivity index (χ4n) is 4.50. The third kappa shape index (κ3) is 11.6. The van der Waals surface area contributed by atoms with Gasteiger partial charge in [0, 0.05) is 25.2 Å². The molecule has 0 atom stereocenters. The van der Waals surface area contributed by atoms with Gasteiger partial charge in [-0.05, 0) is 11.1 Å². The van der Waals surface area contributed by atoms with Crippen molar-refractivity contribution >= 4 is 11.9 Å². The number of phenols is 1. The molecule has 6 rings (SSSR count). The van der Waals surface area contributed by atoms with Crippen LogP contribution < -0.4 is 4.74 Å². The predicted octanol–water partition coefficient (Wildman–Crippen LogP) is 6.99. The van der Waals surface area contributed by atoms with E-state index in [2.05, 4.69) is 25.4 Å². The zero-order valence-corrected chi connectivity index (χ0v) is 28.8. The van der Waals surface area contributed by atoms with Crippen LogP contribution in [0.15, 0.2) is 73.1 Å². The number of esters is 1.